The summed E-state index contributed by atoms with van der Waals surface area (Å²) >= 11 is 5.98. The summed E-state index contributed by atoms with van der Waals surface area (Å²) < 4.78 is 32.3. The molecule has 1 unspecified atom stereocenters. The highest BCUT2D eigenvalue weighted by Gasteiger charge is 2.27. The average molecular weight is 466 g/mol. The largest absolute Gasteiger partial charge is 0.379 e. The molecular weight excluding hydrogens is 438 g/mol. The lowest BCUT2D eigenvalue weighted by molar-refractivity contribution is 0.0730. The van der Waals surface area contributed by atoms with Crippen LogP contribution in [0.25, 0.3) is 0 Å². The van der Waals surface area contributed by atoms with Crippen molar-refractivity contribution in [3.63, 3.8) is 0 Å². The molecule has 1 atom stereocenters. The van der Waals surface area contributed by atoms with Gasteiger partial charge in [0.2, 0.25) is 10.0 Å². The van der Waals surface area contributed by atoms with Crippen LogP contribution < -0.4 is 5.32 Å². The van der Waals surface area contributed by atoms with E-state index in [2.05, 4.69) is 10.2 Å². The summed E-state index contributed by atoms with van der Waals surface area (Å²) in [6.07, 6.45) is 0. The molecule has 2 aromatic rings. The van der Waals surface area contributed by atoms with Crippen LogP contribution in [0.5, 0.6) is 0 Å². The van der Waals surface area contributed by atoms with Gasteiger partial charge in [0.25, 0.3) is 0 Å². The van der Waals surface area contributed by atoms with Gasteiger partial charge >= 0.3 is 0 Å². The van der Waals surface area contributed by atoms with Crippen LogP contribution in [0.15, 0.2) is 53.4 Å². The van der Waals surface area contributed by atoms with Crippen LogP contribution in [-0.2, 0) is 14.8 Å². The zero-order chi connectivity index (χ0) is 22.4. The Kier molecular flexibility index (Phi) is 8.21. The van der Waals surface area contributed by atoms with Gasteiger partial charge in [-0.15, -0.1) is 0 Å². The summed E-state index contributed by atoms with van der Waals surface area (Å²) in [5.74, 6) is -0.160. The first-order chi connectivity index (χ1) is 14.8. The second-order valence-electron chi connectivity index (χ2n) is 7.63. The van der Waals surface area contributed by atoms with E-state index in [1.54, 1.807) is 12.1 Å². The van der Waals surface area contributed by atoms with Gasteiger partial charge in [-0.3, -0.25) is 4.79 Å². The highest BCUT2D eigenvalue weighted by atomic mass is 35.5. The Hall–Kier alpha value is -1.81. The molecule has 1 aliphatic rings. The van der Waals surface area contributed by atoms with Crippen LogP contribution in [0.4, 0.5) is 0 Å². The van der Waals surface area contributed by atoms with Crippen molar-refractivity contribution in [2.75, 3.05) is 53.5 Å². The lowest BCUT2D eigenvalue weighted by Crippen LogP contribution is -2.40. The number of carbonyl (C=O) groups excluding carboxylic acids is 1. The average Bonchev–Trinajstić information content (AvgIpc) is 2.78. The van der Waals surface area contributed by atoms with Gasteiger partial charge in [-0.2, -0.15) is 4.31 Å². The van der Waals surface area contributed by atoms with Crippen molar-refractivity contribution < 1.29 is 17.9 Å². The molecule has 0 bridgehead atoms. The number of ether oxygens (including phenoxy) is 1. The molecule has 3 rings (SSSR count). The first kappa shape index (κ1) is 23.8. The number of morpholine rings is 1. The second kappa shape index (κ2) is 10.7. The number of halogens is 1. The monoisotopic (exact) mass is 465 g/mol. The molecule has 1 saturated heterocycles. The lowest BCUT2D eigenvalue weighted by atomic mass is 10.1. The number of ketones is 1. The summed E-state index contributed by atoms with van der Waals surface area (Å²) in [5, 5.41) is 3.88. The number of carbonyl (C=O) groups is 1. The molecule has 0 spiro atoms. The van der Waals surface area contributed by atoms with Gasteiger partial charge in [-0.25, -0.2) is 8.42 Å². The minimum Gasteiger partial charge on any atom is -0.379 e. The van der Waals surface area contributed by atoms with Crippen molar-refractivity contribution in [3.05, 3.63) is 64.7 Å². The van der Waals surface area contributed by atoms with Crippen LogP contribution in [0, 0.1) is 0 Å². The van der Waals surface area contributed by atoms with Crippen LogP contribution in [0.1, 0.15) is 22.0 Å². The molecule has 1 heterocycles. The molecule has 0 amide bonds. The Morgan fingerprint density at radius 2 is 1.84 bits per heavy atom. The lowest BCUT2D eigenvalue weighted by Gasteiger charge is -2.26. The van der Waals surface area contributed by atoms with Crippen molar-refractivity contribution in [1.29, 1.82) is 0 Å². The van der Waals surface area contributed by atoms with E-state index < -0.39 is 10.0 Å². The summed E-state index contributed by atoms with van der Waals surface area (Å²) in [6.45, 7) is 2.06. The van der Waals surface area contributed by atoms with Crippen LogP contribution in [-0.4, -0.2) is 76.9 Å². The third-order valence-corrected chi connectivity index (χ3v) is 7.41. The van der Waals surface area contributed by atoms with Crippen molar-refractivity contribution in [1.82, 2.24) is 14.5 Å². The zero-order valence-electron chi connectivity index (χ0n) is 17.8. The number of likely N-dealkylation sites (N-methyl/N-ethyl adjacent to an activating group) is 1. The first-order valence-corrected chi connectivity index (χ1v) is 11.9. The maximum absolute atomic E-state index is 12.8. The predicted octanol–water partition coefficient (Wildman–Crippen LogP) is 2.44. The molecule has 1 N–H and O–H groups in total. The van der Waals surface area contributed by atoms with E-state index in [9.17, 15) is 13.2 Å². The molecule has 31 heavy (non-hydrogen) atoms. The fourth-order valence-corrected chi connectivity index (χ4v) is 5.05. The molecule has 1 aliphatic heterocycles. The summed E-state index contributed by atoms with van der Waals surface area (Å²) in [6, 6.07) is 13.9. The Morgan fingerprint density at radius 1 is 1.16 bits per heavy atom. The molecule has 0 aliphatic carbocycles. The highest BCUT2D eigenvalue weighted by Crippen LogP contribution is 2.21. The molecule has 0 saturated carbocycles. The zero-order valence-corrected chi connectivity index (χ0v) is 19.3. The van der Waals surface area contributed by atoms with Crippen molar-refractivity contribution in [3.8, 4) is 0 Å². The SMILES string of the molecule is CN(C)C(CNCC(=O)c1cccc(S(=O)(=O)N2CCOCC2)c1)c1ccc(Cl)cc1. The van der Waals surface area contributed by atoms with Crippen LogP contribution in [0.2, 0.25) is 5.02 Å². The van der Waals surface area contributed by atoms with Crippen molar-refractivity contribution in [2.24, 2.45) is 0 Å². The van der Waals surface area contributed by atoms with Gasteiger partial charge in [0.15, 0.2) is 5.78 Å². The Bertz CT molecular complexity index is 990. The second-order valence-corrected chi connectivity index (χ2v) is 10.0. The molecule has 0 radical (unpaired) electrons. The minimum absolute atomic E-state index is 0.0677. The number of benzene rings is 2. The number of Topliss-reactive ketones (excluding diaryl/α,β-unsaturated/α-hetero) is 1. The van der Waals surface area contributed by atoms with Crippen molar-refractivity contribution in [2.45, 2.75) is 10.9 Å². The number of hydrogen-bond donors (Lipinski definition) is 1. The van der Waals surface area contributed by atoms with E-state index in [-0.39, 0.29) is 23.3 Å². The van der Waals surface area contributed by atoms with Gasteiger partial charge in [0.1, 0.15) is 0 Å². The van der Waals surface area contributed by atoms with Gasteiger partial charge in [-0.1, -0.05) is 35.9 Å². The van der Waals surface area contributed by atoms with Gasteiger partial charge < -0.3 is 15.0 Å². The van der Waals surface area contributed by atoms with E-state index in [4.69, 9.17) is 16.3 Å². The first-order valence-electron chi connectivity index (χ1n) is 10.1. The van der Waals surface area contributed by atoms with E-state index in [1.807, 2.05) is 38.4 Å². The van der Waals surface area contributed by atoms with Gasteiger partial charge in [0.05, 0.1) is 24.7 Å². The molecule has 7 nitrogen and oxygen atoms in total. The van der Waals surface area contributed by atoms with E-state index in [1.165, 1.54) is 16.4 Å². The molecule has 1 fully saturated rings. The Balaban J connectivity index is 1.64. The smallest absolute Gasteiger partial charge is 0.243 e. The summed E-state index contributed by atoms with van der Waals surface area (Å²) in [7, 11) is 0.310. The van der Waals surface area contributed by atoms with Gasteiger partial charge in [-0.05, 0) is 43.9 Å². The van der Waals surface area contributed by atoms with E-state index >= 15 is 0 Å². The standard InChI is InChI=1S/C22H28ClN3O4S/c1-25(2)21(17-6-8-19(23)9-7-17)15-24-16-22(27)18-4-3-5-20(14-18)31(28,29)26-10-12-30-13-11-26/h3-9,14,21,24H,10-13,15-16H2,1-2H3. The van der Waals surface area contributed by atoms with Crippen molar-refractivity contribution >= 4 is 27.4 Å². The molecule has 168 valence electrons. The Morgan fingerprint density at radius 3 is 2.48 bits per heavy atom. The molecule has 9 heteroatoms. The number of sulfonamides is 1. The molecule has 0 aromatic heterocycles. The third kappa shape index (κ3) is 6.12. The molecular formula is C22H28ClN3O4S. The number of rotatable bonds is 9. The third-order valence-electron chi connectivity index (χ3n) is 5.27. The van der Waals surface area contributed by atoms with Gasteiger partial charge in [0, 0.05) is 36.3 Å². The summed E-state index contributed by atoms with van der Waals surface area (Å²) in [4.78, 5) is 14.9. The fourth-order valence-electron chi connectivity index (χ4n) is 3.47. The van der Waals surface area contributed by atoms with Crippen LogP contribution in [0.3, 0.4) is 0 Å². The number of nitrogens with one attached hydrogen (secondary N) is 1. The number of nitrogens with zero attached hydrogens (tertiary/aromatic N) is 2. The number of hydrogen-bond acceptors (Lipinski definition) is 6. The highest BCUT2D eigenvalue weighted by molar-refractivity contribution is 7.89. The van der Waals surface area contributed by atoms with E-state index in [0.717, 1.165) is 5.56 Å². The minimum atomic E-state index is -3.64. The van der Waals surface area contributed by atoms with E-state index in [0.29, 0.717) is 43.4 Å². The molecule has 2 aromatic carbocycles. The Labute approximate surface area is 189 Å². The predicted molar refractivity (Wildman–Crippen MR) is 121 cm³/mol. The normalized spacial score (nSPS) is 16.4. The topological polar surface area (TPSA) is 79.0 Å². The maximum atomic E-state index is 12.8. The quantitative estimate of drug-likeness (QED) is 0.573. The maximum Gasteiger partial charge on any atom is 0.243 e. The summed E-state index contributed by atoms with van der Waals surface area (Å²) in [5.41, 5.74) is 1.46. The van der Waals surface area contributed by atoms with Crippen LogP contribution >= 0.6 is 11.6 Å². The fraction of sp³-hybridized carbons (Fsp3) is 0.409.